The van der Waals surface area contributed by atoms with Crippen molar-refractivity contribution in [3.63, 3.8) is 0 Å². The molecular weight excluding hydrogens is 158 g/mol. The summed E-state index contributed by atoms with van der Waals surface area (Å²) in [6, 6.07) is 0.863. The molecule has 0 radical (unpaired) electrons. The quantitative estimate of drug-likeness (QED) is 0.601. The van der Waals surface area contributed by atoms with E-state index in [0.717, 1.165) is 11.5 Å². The van der Waals surface area contributed by atoms with Crippen molar-refractivity contribution in [2.75, 3.05) is 6.54 Å². The average molecular weight is 181 g/mol. The largest absolute Gasteiger partial charge is 0.295 e. The topological polar surface area (TPSA) is 3.24 Å². The van der Waals surface area contributed by atoms with Gasteiger partial charge in [-0.05, 0) is 51.9 Å². The molecule has 0 bridgehead atoms. The van der Waals surface area contributed by atoms with E-state index in [2.05, 4.69) is 32.6 Å². The lowest BCUT2D eigenvalue weighted by molar-refractivity contribution is 0.115. The van der Waals surface area contributed by atoms with Crippen LogP contribution in [-0.4, -0.2) is 23.0 Å². The standard InChI is InChI=1S/C12H23N/c1-5-10-8-12(6-7-12)9-13(10)11(2,3)4/h10H,5-9H2,1-4H3. The molecule has 0 N–H and O–H groups in total. The minimum atomic E-state index is 0.382. The second-order valence-electron chi connectivity index (χ2n) is 6.06. The highest BCUT2D eigenvalue weighted by Crippen LogP contribution is 2.56. The lowest BCUT2D eigenvalue weighted by atomic mass is 10.0. The van der Waals surface area contributed by atoms with E-state index in [1.807, 2.05) is 0 Å². The summed E-state index contributed by atoms with van der Waals surface area (Å²) in [5.41, 5.74) is 1.15. The van der Waals surface area contributed by atoms with Crippen LogP contribution in [0.1, 0.15) is 53.4 Å². The van der Waals surface area contributed by atoms with Gasteiger partial charge in [0, 0.05) is 18.1 Å². The molecule has 1 atom stereocenters. The minimum Gasteiger partial charge on any atom is -0.295 e. The maximum atomic E-state index is 2.74. The van der Waals surface area contributed by atoms with Crippen LogP contribution in [0.3, 0.4) is 0 Å². The van der Waals surface area contributed by atoms with Gasteiger partial charge in [-0.3, -0.25) is 4.90 Å². The van der Waals surface area contributed by atoms with Gasteiger partial charge in [0.1, 0.15) is 0 Å². The fourth-order valence-electron chi connectivity index (χ4n) is 2.85. The molecule has 0 aromatic rings. The Morgan fingerprint density at radius 3 is 2.23 bits per heavy atom. The molecule has 1 saturated heterocycles. The van der Waals surface area contributed by atoms with Gasteiger partial charge < -0.3 is 0 Å². The van der Waals surface area contributed by atoms with Crippen LogP contribution in [0.15, 0.2) is 0 Å². The third kappa shape index (κ3) is 1.63. The van der Waals surface area contributed by atoms with Crippen molar-refractivity contribution < 1.29 is 0 Å². The molecule has 1 saturated carbocycles. The van der Waals surface area contributed by atoms with Crippen LogP contribution in [0.5, 0.6) is 0 Å². The SMILES string of the molecule is CCC1CC2(CC2)CN1C(C)(C)C. The third-order valence-electron chi connectivity index (χ3n) is 3.91. The van der Waals surface area contributed by atoms with Gasteiger partial charge in [-0.2, -0.15) is 0 Å². The van der Waals surface area contributed by atoms with Gasteiger partial charge in [-0.1, -0.05) is 6.92 Å². The highest BCUT2D eigenvalue weighted by molar-refractivity contribution is 5.06. The summed E-state index contributed by atoms with van der Waals surface area (Å²) in [5.74, 6) is 0. The first-order chi connectivity index (χ1) is 5.97. The molecule has 1 aliphatic heterocycles. The average Bonchev–Trinajstić information content (AvgIpc) is 2.60. The Morgan fingerprint density at radius 2 is 1.92 bits per heavy atom. The molecule has 1 heteroatoms. The molecule has 0 amide bonds. The van der Waals surface area contributed by atoms with Crippen LogP contribution < -0.4 is 0 Å². The van der Waals surface area contributed by atoms with E-state index in [1.54, 1.807) is 0 Å². The van der Waals surface area contributed by atoms with Crippen LogP contribution in [0, 0.1) is 5.41 Å². The first-order valence-electron chi connectivity index (χ1n) is 5.74. The molecule has 2 fully saturated rings. The lowest BCUT2D eigenvalue weighted by Crippen LogP contribution is -2.44. The van der Waals surface area contributed by atoms with Gasteiger partial charge in [0.05, 0.1) is 0 Å². The summed E-state index contributed by atoms with van der Waals surface area (Å²) in [6.45, 7) is 10.8. The molecule has 1 heterocycles. The maximum absolute atomic E-state index is 2.74. The van der Waals surface area contributed by atoms with Crippen LogP contribution in [0.4, 0.5) is 0 Å². The maximum Gasteiger partial charge on any atom is 0.0128 e. The third-order valence-corrected chi connectivity index (χ3v) is 3.91. The van der Waals surface area contributed by atoms with E-state index in [9.17, 15) is 0 Å². The molecule has 2 aliphatic rings. The second kappa shape index (κ2) is 2.73. The zero-order chi connectivity index (χ0) is 9.69. The van der Waals surface area contributed by atoms with Gasteiger partial charge in [0.25, 0.3) is 0 Å². The first kappa shape index (κ1) is 9.51. The molecule has 1 unspecified atom stereocenters. The molecule has 1 aliphatic carbocycles. The van der Waals surface area contributed by atoms with E-state index >= 15 is 0 Å². The Morgan fingerprint density at radius 1 is 1.31 bits per heavy atom. The summed E-state index contributed by atoms with van der Waals surface area (Å²) in [5, 5.41) is 0. The van der Waals surface area contributed by atoms with Crippen LogP contribution in [0.25, 0.3) is 0 Å². The van der Waals surface area contributed by atoms with Gasteiger partial charge in [-0.15, -0.1) is 0 Å². The second-order valence-corrected chi connectivity index (χ2v) is 6.06. The number of hydrogen-bond acceptors (Lipinski definition) is 1. The molecule has 1 spiro atoms. The van der Waals surface area contributed by atoms with E-state index in [1.165, 1.54) is 32.2 Å². The highest BCUT2D eigenvalue weighted by Gasteiger charge is 2.53. The lowest BCUT2D eigenvalue weighted by Gasteiger charge is -2.36. The zero-order valence-corrected chi connectivity index (χ0v) is 9.56. The van der Waals surface area contributed by atoms with Crippen molar-refractivity contribution >= 4 is 0 Å². The fourth-order valence-corrected chi connectivity index (χ4v) is 2.85. The van der Waals surface area contributed by atoms with Crippen LogP contribution >= 0.6 is 0 Å². The summed E-state index contributed by atoms with van der Waals surface area (Å²) >= 11 is 0. The summed E-state index contributed by atoms with van der Waals surface area (Å²) < 4.78 is 0. The van der Waals surface area contributed by atoms with Crippen molar-refractivity contribution in [1.82, 2.24) is 4.90 Å². The number of likely N-dealkylation sites (tertiary alicyclic amines) is 1. The Labute approximate surface area is 82.5 Å². The van der Waals surface area contributed by atoms with Crippen molar-refractivity contribution in [3.05, 3.63) is 0 Å². The van der Waals surface area contributed by atoms with Crippen molar-refractivity contribution in [2.24, 2.45) is 5.41 Å². The van der Waals surface area contributed by atoms with E-state index in [4.69, 9.17) is 0 Å². The predicted molar refractivity (Wildman–Crippen MR) is 56.8 cm³/mol. The minimum absolute atomic E-state index is 0.382. The number of rotatable bonds is 1. The van der Waals surface area contributed by atoms with E-state index in [-0.39, 0.29) is 0 Å². The van der Waals surface area contributed by atoms with Gasteiger partial charge in [-0.25, -0.2) is 0 Å². The van der Waals surface area contributed by atoms with E-state index in [0.29, 0.717) is 5.54 Å². The zero-order valence-electron chi connectivity index (χ0n) is 9.56. The van der Waals surface area contributed by atoms with Gasteiger partial charge in [0.2, 0.25) is 0 Å². The van der Waals surface area contributed by atoms with Crippen molar-refractivity contribution in [2.45, 2.75) is 65.0 Å². The predicted octanol–water partition coefficient (Wildman–Crippen LogP) is 3.05. The molecule has 2 rings (SSSR count). The van der Waals surface area contributed by atoms with Crippen LogP contribution in [0.2, 0.25) is 0 Å². The number of hydrogen-bond donors (Lipinski definition) is 0. The Hall–Kier alpha value is -0.0400. The molecule has 0 aromatic carbocycles. The smallest absolute Gasteiger partial charge is 0.0128 e. The molecular formula is C12H23N. The normalized spacial score (nSPS) is 32.8. The fraction of sp³-hybridized carbons (Fsp3) is 1.00. The Balaban J connectivity index is 2.10. The summed E-state index contributed by atoms with van der Waals surface area (Å²) in [4.78, 5) is 2.74. The molecule has 76 valence electrons. The van der Waals surface area contributed by atoms with Gasteiger partial charge >= 0.3 is 0 Å². The van der Waals surface area contributed by atoms with E-state index < -0.39 is 0 Å². The summed E-state index contributed by atoms with van der Waals surface area (Å²) in [7, 11) is 0. The Kier molecular flexibility index (Phi) is 1.99. The highest BCUT2D eigenvalue weighted by atomic mass is 15.2. The Bertz CT molecular complexity index is 198. The summed E-state index contributed by atoms with van der Waals surface area (Å²) in [6.07, 6.45) is 5.80. The first-order valence-corrected chi connectivity index (χ1v) is 5.74. The molecule has 13 heavy (non-hydrogen) atoms. The van der Waals surface area contributed by atoms with Gasteiger partial charge in [0.15, 0.2) is 0 Å². The monoisotopic (exact) mass is 181 g/mol. The number of nitrogens with zero attached hydrogens (tertiary/aromatic N) is 1. The van der Waals surface area contributed by atoms with Crippen molar-refractivity contribution in [1.29, 1.82) is 0 Å². The molecule has 1 nitrogen and oxygen atoms in total. The van der Waals surface area contributed by atoms with Crippen molar-refractivity contribution in [3.8, 4) is 0 Å². The molecule has 0 aromatic heterocycles. The van der Waals surface area contributed by atoms with Crippen LogP contribution in [-0.2, 0) is 0 Å².